The number of hydrogen-bond acceptors (Lipinski definition) is 3. The Morgan fingerprint density at radius 2 is 2.05 bits per heavy atom. The van der Waals surface area contributed by atoms with E-state index in [4.69, 9.17) is 28.3 Å². The van der Waals surface area contributed by atoms with Crippen LogP contribution >= 0.6 is 23.2 Å². The van der Waals surface area contributed by atoms with Gasteiger partial charge >= 0.3 is 5.97 Å². The van der Waals surface area contributed by atoms with Gasteiger partial charge in [0.05, 0.1) is 15.6 Å². The number of carboxylic acid groups (broad SMARTS) is 1. The molecule has 1 aromatic heterocycles. The van der Waals surface area contributed by atoms with Gasteiger partial charge in [-0.15, -0.1) is 0 Å². The zero-order valence-electron chi connectivity index (χ0n) is 10.7. The van der Waals surface area contributed by atoms with Crippen molar-refractivity contribution in [2.45, 2.75) is 13.5 Å². The number of carbonyl (C=O) groups is 1. The van der Waals surface area contributed by atoms with Crippen LogP contribution in [0, 0.1) is 6.92 Å². The van der Waals surface area contributed by atoms with Crippen LogP contribution in [0.15, 0.2) is 30.5 Å². The van der Waals surface area contributed by atoms with Crippen LogP contribution in [0.5, 0.6) is 0 Å². The number of aromatic carboxylic acids is 1. The minimum atomic E-state index is -0.970. The lowest BCUT2D eigenvalue weighted by Gasteiger charge is -2.10. The van der Waals surface area contributed by atoms with Crippen LogP contribution in [0.25, 0.3) is 0 Å². The number of carboxylic acids is 1. The highest BCUT2D eigenvalue weighted by Crippen LogP contribution is 2.23. The van der Waals surface area contributed by atoms with E-state index in [1.165, 1.54) is 12.3 Å². The lowest BCUT2D eigenvalue weighted by Crippen LogP contribution is -2.07. The molecule has 0 saturated carbocycles. The van der Waals surface area contributed by atoms with Gasteiger partial charge in [0.1, 0.15) is 5.82 Å². The van der Waals surface area contributed by atoms with Gasteiger partial charge in [0.25, 0.3) is 0 Å². The maximum atomic E-state index is 11.0. The van der Waals surface area contributed by atoms with E-state index < -0.39 is 5.97 Å². The highest BCUT2D eigenvalue weighted by Gasteiger charge is 2.11. The average molecular weight is 311 g/mol. The topological polar surface area (TPSA) is 62.2 Å². The predicted octanol–water partition coefficient (Wildman–Crippen LogP) is 4.01. The van der Waals surface area contributed by atoms with Crippen molar-refractivity contribution in [3.63, 3.8) is 0 Å². The lowest BCUT2D eigenvalue weighted by atomic mass is 10.1. The second-order valence-electron chi connectivity index (χ2n) is 4.24. The van der Waals surface area contributed by atoms with E-state index in [-0.39, 0.29) is 5.56 Å². The molecular weight excluding hydrogens is 299 g/mol. The molecule has 6 heteroatoms. The molecule has 0 saturated heterocycles. The fraction of sp³-hybridized carbons (Fsp3) is 0.143. The van der Waals surface area contributed by atoms with Crippen LogP contribution in [0.1, 0.15) is 21.5 Å². The number of nitrogens with zero attached hydrogens (tertiary/aromatic N) is 1. The van der Waals surface area contributed by atoms with Crippen molar-refractivity contribution in [2.75, 3.05) is 5.32 Å². The quantitative estimate of drug-likeness (QED) is 0.895. The third-order valence-electron chi connectivity index (χ3n) is 2.88. The molecule has 1 heterocycles. The predicted molar refractivity (Wildman–Crippen MR) is 79.7 cm³/mol. The number of halogens is 2. The van der Waals surface area contributed by atoms with Crippen LogP contribution in [-0.2, 0) is 6.54 Å². The molecule has 104 valence electrons. The summed E-state index contributed by atoms with van der Waals surface area (Å²) in [5, 5.41) is 13.1. The molecule has 2 rings (SSSR count). The molecule has 0 aliphatic rings. The van der Waals surface area contributed by atoms with Crippen LogP contribution in [0.3, 0.4) is 0 Å². The zero-order valence-corrected chi connectivity index (χ0v) is 12.2. The van der Waals surface area contributed by atoms with E-state index in [0.717, 1.165) is 5.56 Å². The van der Waals surface area contributed by atoms with Crippen molar-refractivity contribution >= 4 is 35.0 Å². The van der Waals surface area contributed by atoms with Gasteiger partial charge in [-0.05, 0) is 30.7 Å². The number of pyridine rings is 1. The van der Waals surface area contributed by atoms with Gasteiger partial charge in [-0.1, -0.05) is 29.3 Å². The summed E-state index contributed by atoms with van der Waals surface area (Å²) in [6, 6.07) is 6.79. The summed E-state index contributed by atoms with van der Waals surface area (Å²) >= 11 is 11.8. The molecule has 2 aromatic rings. The number of aromatic nitrogens is 1. The third kappa shape index (κ3) is 3.21. The van der Waals surface area contributed by atoms with E-state index in [1.807, 2.05) is 6.07 Å². The average Bonchev–Trinajstić information content (AvgIpc) is 2.41. The maximum Gasteiger partial charge on any atom is 0.336 e. The summed E-state index contributed by atoms with van der Waals surface area (Å²) in [4.78, 5) is 15.2. The second kappa shape index (κ2) is 6.11. The Balaban J connectivity index is 2.17. The minimum absolute atomic E-state index is 0.233. The van der Waals surface area contributed by atoms with Gasteiger partial charge in [0.2, 0.25) is 0 Å². The Morgan fingerprint density at radius 3 is 2.70 bits per heavy atom. The van der Waals surface area contributed by atoms with Crippen molar-refractivity contribution < 1.29 is 9.90 Å². The lowest BCUT2D eigenvalue weighted by molar-refractivity contribution is 0.0696. The molecule has 4 nitrogen and oxygen atoms in total. The Morgan fingerprint density at radius 1 is 1.30 bits per heavy atom. The normalized spacial score (nSPS) is 10.3. The summed E-state index contributed by atoms with van der Waals surface area (Å²) < 4.78 is 0. The number of benzene rings is 1. The fourth-order valence-corrected chi connectivity index (χ4v) is 2.10. The molecule has 0 aliphatic heterocycles. The molecule has 1 aromatic carbocycles. The summed E-state index contributed by atoms with van der Waals surface area (Å²) in [5.41, 5.74) is 1.76. The van der Waals surface area contributed by atoms with Crippen molar-refractivity contribution in [3.05, 3.63) is 57.2 Å². The molecule has 0 radical (unpaired) electrons. The van der Waals surface area contributed by atoms with Crippen molar-refractivity contribution in [1.82, 2.24) is 4.98 Å². The minimum Gasteiger partial charge on any atom is -0.478 e. The van der Waals surface area contributed by atoms with Gasteiger partial charge in [-0.25, -0.2) is 9.78 Å². The highest BCUT2D eigenvalue weighted by molar-refractivity contribution is 6.42. The van der Waals surface area contributed by atoms with Crippen LogP contribution < -0.4 is 5.32 Å². The number of anilines is 1. The molecule has 0 spiro atoms. The molecule has 0 bridgehead atoms. The molecule has 0 atom stereocenters. The third-order valence-corrected chi connectivity index (χ3v) is 3.62. The van der Waals surface area contributed by atoms with E-state index in [0.29, 0.717) is 28.0 Å². The Bertz CT molecular complexity index is 660. The van der Waals surface area contributed by atoms with Gasteiger partial charge in [-0.2, -0.15) is 0 Å². The van der Waals surface area contributed by atoms with Crippen molar-refractivity contribution in [2.24, 2.45) is 0 Å². The SMILES string of the molecule is Cc1c(C(=O)O)ccnc1NCc1ccc(Cl)c(Cl)c1. The molecule has 20 heavy (non-hydrogen) atoms. The van der Waals surface area contributed by atoms with Crippen LogP contribution in [-0.4, -0.2) is 16.1 Å². The van der Waals surface area contributed by atoms with Gasteiger partial charge < -0.3 is 10.4 Å². The van der Waals surface area contributed by atoms with Gasteiger partial charge in [-0.3, -0.25) is 0 Å². The first-order valence-electron chi connectivity index (χ1n) is 5.85. The molecule has 2 N–H and O–H groups in total. The molecule has 0 unspecified atom stereocenters. The largest absolute Gasteiger partial charge is 0.478 e. The van der Waals surface area contributed by atoms with E-state index in [9.17, 15) is 4.79 Å². The molecule has 0 amide bonds. The first-order chi connectivity index (χ1) is 9.49. The fourth-order valence-electron chi connectivity index (χ4n) is 1.78. The van der Waals surface area contributed by atoms with Crippen molar-refractivity contribution in [1.29, 1.82) is 0 Å². The number of hydrogen-bond donors (Lipinski definition) is 2. The standard InChI is InChI=1S/C14H12Cl2N2O2/c1-8-10(14(19)20)4-5-17-13(8)18-7-9-2-3-11(15)12(16)6-9/h2-6H,7H2,1H3,(H,17,18)(H,19,20). The first kappa shape index (κ1) is 14.6. The highest BCUT2D eigenvalue weighted by atomic mass is 35.5. The number of rotatable bonds is 4. The summed E-state index contributed by atoms with van der Waals surface area (Å²) in [6.45, 7) is 2.20. The first-order valence-corrected chi connectivity index (χ1v) is 6.61. The number of nitrogens with one attached hydrogen (secondary N) is 1. The van der Waals surface area contributed by atoms with E-state index >= 15 is 0 Å². The smallest absolute Gasteiger partial charge is 0.336 e. The summed E-state index contributed by atoms with van der Waals surface area (Å²) in [7, 11) is 0. The Hall–Kier alpha value is -1.78. The van der Waals surface area contributed by atoms with E-state index in [2.05, 4.69) is 10.3 Å². The molecular formula is C14H12Cl2N2O2. The Labute approximate surface area is 126 Å². The summed E-state index contributed by atoms with van der Waals surface area (Å²) in [5.74, 6) is -0.432. The van der Waals surface area contributed by atoms with Crippen LogP contribution in [0.4, 0.5) is 5.82 Å². The van der Waals surface area contributed by atoms with Gasteiger partial charge in [0, 0.05) is 18.3 Å². The van der Waals surface area contributed by atoms with Crippen LogP contribution in [0.2, 0.25) is 10.0 Å². The van der Waals surface area contributed by atoms with E-state index in [1.54, 1.807) is 19.1 Å². The monoisotopic (exact) mass is 310 g/mol. The van der Waals surface area contributed by atoms with Gasteiger partial charge in [0.15, 0.2) is 0 Å². The molecule has 0 aliphatic carbocycles. The zero-order chi connectivity index (χ0) is 14.7. The Kier molecular flexibility index (Phi) is 4.47. The molecule has 0 fully saturated rings. The summed E-state index contributed by atoms with van der Waals surface area (Å²) in [6.07, 6.45) is 1.47. The van der Waals surface area contributed by atoms with Crippen molar-refractivity contribution in [3.8, 4) is 0 Å². The maximum absolute atomic E-state index is 11.0. The second-order valence-corrected chi connectivity index (χ2v) is 5.05.